The van der Waals surface area contributed by atoms with Crippen molar-refractivity contribution in [2.24, 2.45) is 4.99 Å². The van der Waals surface area contributed by atoms with Crippen molar-refractivity contribution >= 4 is 54.9 Å². The molecular weight excluding hydrogens is 603 g/mol. The van der Waals surface area contributed by atoms with Gasteiger partial charge in [-0.25, -0.2) is 4.99 Å². The summed E-state index contributed by atoms with van der Waals surface area (Å²) in [6, 6.07) is 58.6. The molecule has 2 N–H and O–H groups in total. The fourth-order valence-electron chi connectivity index (χ4n) is 6.21. The van der Waals surface area contributed by atoms with Crippen LogP contribution in [0.3, 0.4) is 0 Å². The predicted octanol–water partition coefficient (Wildman–Crippen LogP) is 12.2. The zero-order valence-electron chi connectivity index (χ0n) is 26.1. The van der Waals surface area contributed by atoms with Crippen LogP contribution < -0.4 is 5.32 Å². The molecule has 8 rings (SSSR count). The fourth-order valence-corrected chi connectivity index (χ4v) is 7.34. The summed E-state index contributed by atoms with van der Waals surface area (Å²) >= 11 is 1.82. The molecule has 0 saturated carbocycles. The number of rotatable bonds is 8. The van der Waals surface area contributed by atoms with Crippen LogP contribution in [0.1, 0.15) is 11.1 Å². The van der Waals surface area contributed by atoms with Gasteiger partial charge in [0.1, 0.15) is 0 Å². The van der Waals surface area contributed by atoms with Gasteiger partial charge < -0.3 is 5.32 Å². The van der Waals surface area contributed by atoms with Gasteiger partial charge in [-0.2, -0.15) is 0 Å². The van der Waals surface area contributed by atoms with Gasteiger partial charge in [-0.05, 0) is 58.1 Å². The molecule has 3 nitrogen and oxygen atoms in total. The summed E-state index contributed by atoms with van der Waals surface area (Å²) in [5.74, 6) is 0. The summed E-state index contributed by atoms with van der Waals surface area (Å²) in [6.07, 6.45) is 1.75. The second-order valence-corrected chi connectivity index (χ2v) is 12.8. The van der Waals surface area contributed by atoms with E-state index in [-0.39, 0.29) is 0 Å². The van der Waals surface area contributed by atoms with Gasteiger partial charge >= 0.3 is 0 Å². The van der Waals surface area contributed by atoms with Gasteiger partial charge in [0, 0.05) is 42.6 Å². The molecule has 0 aliphatic heterocycles. The summed E-state index contributed by atoms with van der Waals surface area (Å²) in [5.41, 5.74) is 10.7. The van der Waals surface area contributed by atoms with Crippen molar-refractivity contribution in [2.75, 3.05) is 5.32 Å². The molecule has 0 aliphatic carbocycles. The molecule has 0 unspecified atom stereocenters. The van der Waals surface area contributed by atoms with Crippen LogP contribution in [0.25, 0.3) is 53.6 Å². The number of fused-ring (bicyclic) bond motifs is 3. The third-order valence-corrected chi connectivity index (χ3v) is 9.81. The first-order chi connectivity index (χ1) is 23.7. The van der Waals surface area contributed by atoms with E-state index in [1.807, 2.05) is 72.0 Å². The average molecular weight is 634 g/mol. The van der Waals surface area contributed by atoms with Gasteiger partial charge in [-0.15, -0.1) is 11.3 Å². The van der Waals surface area contributed by atoms with E-state index in [9.17, 15) is 0 Å². The second kappa shape index (κ2) is 13.0. The van der Waals surface area contributed by atoms with Crippen molar-refractivity contribution in [3.8, 4) is 33.4 Å². The average Bonchev–Trinajstić information content (AvgIpc) is 3.53. The molecule has 7 aromatic carbocycles. The highest BCUT2D eigenvalue weighted by atomic mass is 32.1. The van der Waals surface area contributed by atoms with E-state index in [1.165, 1.54) is 31.3 Å². The molecule has 0 aliphatic rings. The van der Waals surface area contributed by atoms with E-state index in [1.54, 1.807) is 6.34 Å². The van der Waals surface area contributed by atoms with Crippen molar-refractivity contribution < 1.29 is 0 Å². The van der Waals surface area contributed by atoms with Crippen LogP contribution in [0, 0.1) is 5.41 Å². The molecule has 4 heteroatoms. The first-order valence-electron chi connectivity index (χ1n) is 16.0. The highest BCUT2D eigenvalue weighted by Gasteiger charge is 2.14. The molecule has 0 bridgehead atoms. The Morgan fingerprint density at radius 1 is 0.521 bits per heavy atom. The molecule has 0 radical (unpaired) electrons. The fraction of sp³-hybridized carbons (Fsp3) is 0. The lowest BCUT2D eigenvalue weighted by Crippen LogP contribution is -2.02. The minimum absolute atomic E-state index is 0.437. The number of hydrogen-bond donors (Lipinski definition) is 2. The quantitative estimate of drug-likeness (QED) is 0.127. The maximum absolute atomic E-state index is 9.08. The van der Waals surface area contributed by atoms with Crippen molar-refractivity contribution in [2.45, 2.75) is 0 Å². The zero-order valence-corrected chi connectivity index (χ0v) is 26.9. The largest absolute Gasteiger partial charge is 0.346 e. The Bertz CT molecular complexity index is 2420. The van der Waals surface area contributed by atoms with Crippen LogP contribution in [-0.2, 0) is 0 Å². The van der Waals surface area contributed by atoms with Gasteiger partial charge in [0.25, 0.3) is 0 Å². The van der Waals surface area contributed by atoms with Crippen LogP contribution in [-0.4, -0.2) is 12.1 Å². The van der Waals surface area contributed by atoms with E-state index >= 15 is 0 Å². The lowest BCUT2D eigenvalue weighted by atomic mass is 9.97. The Kier molecular flexibility index (Phi) is 7.91. The lowest BCUT2D eigenvalue weighted by molar-refractivity contribution is 1.43. The third-order valence-electron chi connectivity index (χ3n) is 8.68. The van der Waals surface area contributed by atoms with Crippen LogP contribution in [0.15, 0.2) is 175 Å². The van der Waals surface area contributed by atoms with Gasteiger partial charge in [0.15, 0.2) is 0 Å². The molecule has 1 aromatic heterocycles. The number of benzene rings is 7. The van der Waals surface area contributed by atoms with E-state index in [0.29, 0.717) is 5.71 Å². The molecule has 0 atom stereocenters. The maximum Gasteiger partial charge on any atom is 0.0930 e. The van der Waals surface area contributed by atoms with Gasteiger partial charge in [0.2, 0.25) is 0 Å². The minimum atomic E-state index is 0.437. The standard InChI is InChI=1S/C44H31N3S/c45-44(33-24-22-32(23-25-33)30-12-3-1-4-13-30)37-19-7-9-20-40(37)46-29-47-41-27-39-36-18-8-10-21-42(36)48-43(39)28-38(41)35-17-11-16-34(26-35)31-14-5-2-6-15-31/h1-29,45H,(H,46,47). The van der Waals surface area contributed by atoms with Gasteiger partial charge in [-0.1, -0.05) is 140 Å². The molecule has 0 amide bonds. The van der Waals surface area contributed by atoms with Gasteiger partial charge in [0.05, 0.1) is 17.7 Å². The molecule has 8 aromatic rings. The highest BCUT2D eigenvalue weighted by molar-refractivity contribution is 7.25. The molecule has 0 spiro atoms. The number of anilines is 1. The van der Waals surface area contributed by atoms with Crippen LogP contribution in [0.5, 0.6) is 0 Å². The molecular formula is C44H31N3S. The third kappa shape index (κ3) is 5.81. The Balaban J connectivity index is 1.14. The van der Waals surface area contributed by atoms with E-state index < -0.39 is 0 Å². The van der Waals surface area contributed by atoms with Crippen LogP contribution >= 0.6 is 11.3 Å². The van der Waals surface area contributed by atoms with Crippen molar-refractivity contribution in [3.63, 3.8) is 0 Å². The zero-order chi connectivity index (χ0) is 32.3. The van der Waals surface area contributed by atoms with Crippen molar-refractivity contribution in [1.82, 2.24) is 0 Å². The first kappa shape index (κ1) is 29.3. The first-order valence-corrected chi connectivity index (χ1v) is 16.8. The summed E-state index contributed by atoms with van der Waals surface area (Å²) in [4.78, 5) is 4.87. The monoisotopic (exact) mass is 633 g/mol. The Morgan fingerprint density at radius 3 is 1.94 bits per heavy atom. The van der Waals surface area contributed by atoms with Crippen LogP contribution in [0.2, 0.25) is 0 Å². The normalized spacial score (nSPS) is 11.3. The molecule has 0 saturated heterocycles. The van der Waals surface area contributed by atoms with Crippen molar-refractivity contribution in [3.05, 3.63) is 181 Å². The summed E-state index contributed by atoms with van der Waals surface area (Å²) < 4.78 is 2.52. The van der Waals surface area contributed by atoms with Crippen molar-refractivity contribution in [1.29, 1.82) is 5.41 Å². The molecule has 1 heterocycles. The summed E-state index contributed by atoms with van der Waals surface area (Å²) in [6.45, 7) is 0. The van der Waals surface area contributed by atoms with Crippen LogP contribution in [0.4, 0.5) is 11.4 Å². The topological polar surface area (TPSA) is 48.2 Å². The summed E-state index contributed by atoms with van der Waals surface area (Å²) in [7, 11) is 0. The SMILES string of the molecule is N=C(c1ccc(-c2ccccc2)cc1)c1ccccc1/N=C/Nc1cc2c(cc1-c1cccc(-c3ccccc3)c1)sc1ccccc12. The molecule has 48 heavy (non-hydrogen) atoms. The maximum atomic E-state index is 9.08. The molecule has 0 fully saturated rings. The Hall–Kier alpha value is -6.10. The number of nitrogens with one attached hydrogen (secondary N) is 2. The van der Waals surface area contributed by atoms with E-state index in [4.69, 9.17) is 10.4 Å². The highest BCUT2D eigenvalue weighted by Crippen LogP contribution is 2.41. The lowest BCUT2D eigenvalue weighted by Gasteiger charge is -2.13. The van der Waals surface area contributed by atoms with E-state index in [0.717, 1.165) is 44.8 Å². The predicted molar refractivity (Wildman–Crippen MR) is 206 cm³/mol. The number of nitrogens with zero attached hydrogens (tertiary/aromatic N) is 1. The number of hydrogen-bond acceptors (Lipinski definition) is 3. The Labute approximate surface area is 284 Å². The number of thiophene rings is 1. The van der Waals surface area contributed by atoms with E-state index in [2.05, 4.69) is 115 Å². The number of aliphatic imine (C=N–C) groups is 1. The second-order valence-electron chi connectivity index (χ2n) is 11.7. The smallest absolute Gasteiger partial charge is 0.0930 e. The minimum Gasteiger partial charge on any atom is -0.346 e. The number of para-hydroxylation sites is 1. The Morgan fingerprint density at radius 2 is 1.15 bits per heavy atom. The summed E-state index contributed by atoms with van der Waals surface area (Å²) in [5, 5.41) is 15.1. The van der Waals surface area contributed by atoms with Gasteiger partial charge in [-0.3, -0.25) is 5.41 Å². The molecule has 228 valence electrons.